The van der Waals surface area contributed by atoms with Crippen LogP contribution in [0.25, 0.3) is 0 Å². The van der Waals surface area contributed by atoms with Gasteiger partial charge in [-0.1, -0.05) is 41.9 Å². The first kappa shape index (κ1) is 25.2. The fraction of sp³-hybridized carbons (Fsp3) is 0.296. The van der Waals surface area contributed by atoms with Gasteiger partial charge in [-0.15, -0.1) is 0 Å². The number of piperidine rings is 1. The molecule has 0 saturated carbocycles. The van der Waals surface area contributed by atoms with Crippen molar-refractivity contribution in [2.45, 2.75) is 38.1 Å². The molecule has 3 aromatic rings. The van der Waals surface area contributed by atoms with Gasteiger partial charge in [0.1, 0.15) is 0 Å². The van der Waals surface area contributed by atoms with Crippen LogP contribution in [0.5, 0.6) is 0 Å². The molecule has 1 saturated heterocycles. The van der Waals surface area contributed by atoms with E-state index >= 15 is 0 Å². The minimum atomic E-state index is -3.78. The Morgan fingerprint density at radius 1 is 0.971 bits per heavy atom. The maximum absolute atomic E-state index is 12.8. The molecule has 0 aliphatic carbocycles. The lowest BCUT2D eigenvalue weighted by Gasteiger charge is -2.31. The summed E-state index contributed by atoms with van der Waals surface area (Å²) in [5.74, 6) is -0.0807. The molecular weight excluding hydrogens is 482 g/mol. The van der Waals surface area contributed by atoms with Gasteiger partial charge in [0.05, 0.1) is 10.6 Å². The number of rotatable bonds is 7. The molecule has 2 N–H and O–H groups in total. The zero-order valence-electron chi connectivity index (χ0n) is 19.9. The average molecular weight is 512 g/mol. The number of carbonyl (C=O) groups excluding carboxylic acids is 1. The molecule has 6 nitrogen and oxygen atoms in total. The van der Waals surface area contributed by atoms with E-state index in [1.165, 1.54) is 23.3 Å². The van der Waals surface area contributed by atoms with Crippen LogP contribution in [0.2, 0.25) is 5.02 Å². The highest BCUT2D eigenvalue weighted by molar-refractivity contribution is 7.92. The predicted molar refractivity (Wildman–Crippen MR) is 141 cm³/mol. The van der Waals surface area contributed by atoms with E-state index in [0.717, 1.165) is 38.0 Å². The van der Waals surface area contributed by atoms with E-state index in [2.05, 4.69) is 40.1 Å². The molecule has 0 radical (unpaired) electrons. The van der Waals surface area contributed by atoms with E-state index < -0.39 is 10.0 Å². The summed E-state index contributed by atoms with van der Waals surface area (Å²) < 4.78 is 28.1. The quantitative estimate of drug-likeness (QED) is 0.432. The molecule has 1 amide bonds. The number of nitrogens with zero attached hydrogens (tertiary/aromatic N) is 1. The van der Waals surface area contributed by atoms with Crippen LogP contribution in [0.15, 0.2) is 71.6 Å². The first-order valence-electron chi connectivity index (χ1n) is 11.7. The molecule has 4 rings (SSSR count). The van der Waals surface area contributed by atoms with Gasteiger partial charge < -0.3 is 5.32 Å². The minimum Gasteiger partial charge on any atom is -0.326 e. The van der Waals surface area contributed by atoms with Crippen LogP contribution in [0.3, 0.4) is 0 Å². The third-order valence-electron chi connectivity index (χ3n) is 6.49. The summed E-state index contributed by atoms with van der Waals surface area (Å²) in [6.45, 7) is 6.58. The van der Waals surface area contributed by atoms with Gasteiger partial charge in [-0.05, 0) is 92.9 Å². The fourth-order valence-electron chi connectivity index (χ4n) is 4.25. The summed E-state index contributed by atoms with van der Waals surface area (Å²) in [5.41, 5.74) is 4.40. The van der Waals surface area contributed by atoms with Gasteiger partial charge in [0, 0.05) is 23.2 Å². The van der Waals surface area contributed by atoms with Crippen LogP contribution in [0.4, 0.5) is 11.4 Å². The molecular formula is C27H30ClN3O3S. The molecule has 0 aromatic heterocycles. The molecule has 3 aromatic carbocycles. The Labute approximate surface area is 212 Å². The van der Waals surface area contributed by atoms with Crippen molar-refractivity contribution < 1.29 is 13.2 Å². The lowest BCUT2D eigenvalue weighted by Crippen LogP contribution is -2.37. The molecule has 1 heterocycles. The van der Waals surface area contributed by atoms with Crippen LogP contribution in [0, 0.1) is 19.8 Å². The molecule has 0 bridgehead atoms. The second-order valence-corrected chi connectivity index (χ2v) is 11.2. The highest BCUT2D eigenvalue weighted by Crippen LogP contribution is 2.25. The second kappa shape index (κ2) is 10.8. The van der Waals surface area contributed by atoms with Crippen LogP contribution in [-0.4, -0.2) is 32.3 Å². The smallest absolute Gasteiger partial charge is 0.261 e. The summed E-state index contributed by atoms with van der Waals surface area (Å²) in [6, 6.07) is 19.6. The van der Waals surface area contributed by atoms with Crippen molar-refractivity contribution in [2.24, 2.45) is 5.92 Å². The summed E-state index contributed by atoms with van der Waals surface area (Å²) >= 11 is 6.00. The van der Waals surface area contributed by atoms with E-state index in [4.69, 9.17) is 11.6 Å². The molecule has 1 fully saturated rings. The first-order valence-corrected chi connectivity index (χ1v) is 13.5. The molecule has 184 valence electrons. The van der Waals surface area contributed by atoms with Crippen molar-refractivity contribution in [3.8, 4) is 0 Å². The molecule has 0 atom stereocenters. The number of hydrogen-bond acceptors (Lipinski definition) is 4. The molecule has 0 spiro atoms. The van der Waals surface area contributed by atoms with E-state index in [0.29, 0.717) is 16.4 Å². The maximum atomic E-state index is 12.8. The van der Waals surface area contributed by atoms with Crippen molar-refractivity contribution in [1.29, 1.82) is 0 Å². The van der Waals surface area contributed by atoms with Gasteiger partial charge in [-0.3, -0.25) is 14.4 Å². The maximum Gasteiger partial charge on any atom is 0.261 e. The number of hydrogen-bond donors (Lipinski definition) is 2. The standard InChI is InChI=1S/C27H30ClN3O3S/c1-19-5-3-4-6-22(19)18-31-15-13-21(14-16-31)27(32)29-24-9-11-25(12-10-24)35(33,34)30-26-17-23(28)8-7-20(26)2/h3-12,17,21,30H,13-16,18H2,1-2H3,(H,29,32). The van der Waals surface area contributed by atoms with Gasteiger partial charge in [-0.2, -0.15) is 0 Å². The number of benzene rings is 3. The topological polar surface area (TPSA) is 78.5 Å². The third kappa shape index (κ3) is 6.42. The number of nitrogens with one attached hydrogen (secondary N) is 2. The normalized spacial score (nSPS) is 15.1. The number of carbonyl (C=O) groups is 1. The Bertz CT molecular complexity index is 1300. The number of aryl methyl sites for hydroxylation is 2. The average Bonchev–Trinajstić information content (AvgIpc) is 2.83. The molecule has 8 heteroatoms. The Kier molecular flexibility index (Phi) is 7.79. The van der Waals surface area contributed by atoms with Crippen molar-refractivity contribution in [3.63, 3.8) is 0 Å². The van der Waals surface area contributed by atoms with E-state index in [-0.39, 0.29) is 16.7 Å². The van der Waals surface area contributed by atoms with Crippen molar-refractivity contribution >= 4 is 38.9 Å². The van der Waals surface area contributed by atoms with Gasteiger partial charge >= 0.3 is 0 Å². The number of likely N-dealkylation sites (tertiary alicyclic amines) is 1. The van der Waals surface area contributed by atoms with Crippen LogP contribution < -0.4 is 10.0 Å². The van der Waals surface area contributed by atoms with Gasteiger partial charge in [0.15, 0.2) is 0 Å². The largest absolute Gasteiger partial charge is 0.326 e. The Morgan fingerprint density at radius 3 is 2.34 bits per heavy atom. The zero-order chi connectivity index (χ0) is 25.0. The number of anilines is 2. The van der Waals surface area contributed by atoms with Crippen LogP contribution in [0.1, 0.15) is 29.5 Å². The van der Waals surface area contributed by atoms with Crippen LogP contribution >= 0.6 is 11.6 Å². The number of sulfonamides is 1. The summed E-state index contributed by atoms with van der Waals surface area (Å²) in [4.78, 5) is 15.3. The Hall–Kier alpha value is -2.87. The fourth-order valence-corrected chi connectivity index (χ4v) is 5.55. The summed E-state index contributed by atoms with van der Waals surface area (Å²) in [7, 11) is -3.78. The van der Waals surface area contributed by atoms with Gasteiger partial charge in [0.25, 0.3) is 10.0 Å². The Balaban J connectivity index is 1.32. The third-order valence-corrected chi connectivity index (χ3v) is 8.11. The zero-order valence-corrected chi connectivity index (χ0v) is 21.5. The second-order valence-electron chi connectivity index (χ2n) is 9.06. The summed E-state index contributed by atoms with van der Waals surface area (Å²) in [5, 5.41) is 3.39. The van der Waals surface area contributed by atoms with Crippen molar-refractivity contribution in [2.75, 3.05) is 23.1 Å². The molecule has 0 unspecified atom stereocenters. The van der Waals surface area contributed by atoms with E-state index in [1.807, 2.05) is 6.07 Å². The monoisotopic (exact) mass is 511 g/mol. The highest BCUT2D eigenvalue weighted by atomic mass is 35.5. The molecule has 35 heavy (non-hydrogen) atoms. The Morgan fingerprint density at radius 2 is 1.66 bits per heavy atom. The molecule has 1 aliphatic heterocycles. The highest BCUT2D eigenvalue weighted by Gasteiger charge is 2.25. The van der Waals surface area contributed by atoms with E-state index in [1.54, 1.807) is 37.3 Å². The van der Waals surface area contributed by atoms with Crippen LogP contribution in [-0.2, 0) is 21.4 Å². The van der Waals surface area contributed by atoms with Crippen molar-refractivity contribution in [1.82, 2.24) is 4.90 Å². The SMILES string of the molecule is Cc1ccccc1CN1CCC(C(=O)Nc2ccc(S(=O)(=O)Nc3cc(Cl)ccc3C)cc2)CC1. The summed E-state index contributed by atoms with van der Waals surface area (Å²) in [6.07, 6.45) is 1.60. The number of amides is 1. The molecule has 1 aliphatic rings. The lowest BCUT2D eigenvalue weighted by molar-refractivity contribution is -0.121. The first-order chi connectivity index (χ1) is 16.7. The minimum absolute atomic E-state index is 0.0242. The number of halogens is 1. The van der Waals surface area contributed by atoms with Crippen molar-refractivity contribution in [3.05, 3.63) is 88.4 Å². The van der Waals surface area contributed by atoms with E-state index in [9.17, 15) is 13.2 Å². The van der Waals surface area contributed by atoms with Gasteiger partial charge in [-0.25, -0.2) is 8.42 Å². The van der Waals surface area contributed by atoms with Gasteiger partial charge in [0.2, 0.25) is 5.91 Å². The lowest BCUT2D eigenvalue weighted by atomic mass is 9.95. The predicted octanol–water partition coefficient (Wildman–Crippen LogP) is 5.61.